The third-order valence-corrected chi connectivity index (χ3v) is 9.65. The van der Waals surface area contributed by atoms with Crippen molar-refractivity contribution >= 4 is 11.9 Å². The smallest absolute Gasteiger partial charge is 0.333 e. The Balaban J connectivity index is 1.60. The molecule has 0 atom stereocenters. The van der Waals surface area contributed by atoms with Gasteiger partial charge in [-0.3, -0.25) is 0 Å². The van der Waals surface area contributed by atoms with E-state index in [1.54, 1.807) is 13.8 Å². The molecule has 1 N–H and O–H groups in total. The maximum atomic E-state index is 11.8. The molecular weight excluding hydrogens is 524 g/mol. The van der Waals surface area contributed by atoms with Crippen molar-refractivity contribution in [2.45, 2.75) is 129 Å². The van der Waals surface area contributed by atoms with Crippen LogP contribution in [-0.2, 0) is 31.9 Å². The first-order valence-electron chi connectivity index (χ1n) is 16.7. The quantitative estimate of drug-likeness (QED) is 0.120. The van der Waals surface area contributed by atoms with Crippen LogP contribution < -0.4 is 0 Å². The van der Waals surface area contributed by atoms with Crippen LogP contribution in [0.2, 0.25) is 0 Å². The number of rotatable bonds is 16. The maximum absolute atomic E-state index is 11.8. The average Bonchev–Trinajstić information content (AvgIpc) is 2.99. The summed E-state index contributed by atoms with van der Waals surface area (Å²) in [4.78, 5) is 23.5. The van der Waals surface area contributed by atoms with Crippen LogP contribution >= 0.6 is 0 Å². The van der Waals surface area contributed by atoms with Gasteiger partial charge in [-0.05, 0) is 118 Å². The lowest BCUT2D eigenvalue weighted by Crippen LogP contribution is -2.25. The van der Waals surface area contributed by atoms with E-state index in [0.29, 0.717) is 61.7 Å². The molecule has 0 bridgehead atoms. The molecule has 0 amide bonds. The fraction of sp³-hybridized carbons (Fsp3) is 0.676. The topological polar surface area (TPSA) is 72.8 Å². The van der Waals surface area contributed by atoms with E-state index in [4.69, 9.17) is 9.47 Å². The number of ether oxygens (including phenoxy) is 2. The average molecular weight is 581 g/mol. The van der Waals surface area contributed by atoms with Crippen LogP contribution in [0.15, 0.2) is 36.4 Å². The van der Waals surface area contributed by atoms with Gasteiger partial charge in [0, 0.05) is 11.1 Å². The van der Waals surface area contributed by atoms with Crippen molar-refractivity contribution < 1.29 is 24.2 Å². The summed E-state index contributed by atoms with van der Waals surface area (Å²) in [5.74, 6) is 2.81. The summed E-state index contributed by atoms with van der Waals surface area (Å²) < 4.78 is 10.6. The monoisotopic (exact) mass is 580 g/mol. The van der Waals surface area contributed by atoms with Gasteiger partial charge in [0.15, 0.2) is 0 Å². The number of phenols is 1. The molecule has 0 unspecified atom stereocenters. The predicted octanol–water partition coefficient (Wildman–Crippen LogP) is 9.16. The molecule has 2 aliphatic rings. The fourth-order valence-electron chi connectivity index (χ4n) is 7.06. The molecule has 0 radical (unpaired) electrons. The molecule has 2 fully saturated rings. The minimum Gasteiger partial charge on any atom is -0.507 e. The molecule has 234 valence electrons. The van der Waals surface area contributed by atoms with Gasteiger partial charge in [0.05, 0.1) is 13.2 Å². The Kier molecular flexibility index (Phi) is 14.2. The van der Waals surface area contributed by atoms with E-state index >= 15 is 0 Å². The number of carbonyl (C=O) groups excluding carboxylic acids is 2. The summed E-state index contributed by atoms with van der Waals surface area (Å²) >= 11 is 0. The molecule has 42 heavy (non-hydrogen) atoms. The Morgan fingerprint density at radius 3 is 1.69 bits per heavy atom. The van der Waals surface area contributed by atoms with E-state index in [9.17, 15) is 14.7 Å². The van der Waals surface area contributed by atoms with Gasteiger partial charge in [0.2, 0.25) is 0 Å². The van der Waals surface area contributed by atoms with Crippen molar-refractivity contribution in [2.75, 3.05) is 13.2 Å². The number of esters is 2. The number of carbonyl (C=O) groups is 2. The van der Waals surface area contributed by atoms with E-state index in [-0.39, 0.29) is 11.9 Å². The van der Waals surface area contributed by atoms with Gasteiger partial charge in [0.25, 0.3) is 0 Å². The van der Waals surface area contributed by atoms with Crippen LogP contribution in [0.1, 0.15) is 133 Å². The van der Waals surface area contributed by atoms with Crippen LogP contribution in [0.5, 0.6) is 5.75 Å². The van der Waals surface area contributed by atoms with Gasteiger partial charge in [-0.2, -0.15) is 0 Å². The molecule has 1 aromatic rings. The molecule has 5 heteroatoms. The number of aromatic hydroxyl groups is 1. The van der Waals surface area contributed by atoms with E-state index in [0.717, 1.165) is 28.9 Å². The number of benzene rings is 1. The Labute approximate surface area is 255 Å². The summed E-state index contributed by atoms with van der Waals surface area (Å²) in [7, 11) is 0. The lowest BCUT2D eigenvalue weighted by Gasteiger charge is -2.38. The van der Waals surface area contributed by atoms with Gasteiger partial charge < -0.3 is 14.6 Å². The summed E-state index contributed by atoms with van der Waals surface area (Å²) in [5.41, 5.74) is 3.93. The zero-order valence-electron chi connectivity index (χ0n) is 26.7. The van der Waals surface area contributed by atoms with Crippen LogP contribution in [0.4, 0.5) is 0 Å². The maximum Gasteiger partial charge on any atom is 0.333 e. The van der Waals surface area contributed by atoms with Gasteiger partial charge in [-0.25, -0.2) is 9.59 Å². The van der Waals surface area contributed by atoms with E-state index < -0.39 is 0 Å². The molecule has 5 nitrogen and oxygen atoms in total. The molecule has 2 aliphatic carbocycles. The predicted molar refractivity (Wildman–Crippen MR) is 171 cm³/mol. The second kappa shape index (κ2) is 17.5. The highest BCUT2D eigenvalue weighted by Crippen LogP contribution is 2.45. The number of hydrogen-bond acceptors (Lipinski definition) is 5. The highest BCUT2D eigenvalue weighted by atomic mass is 16.5. The third kappa shape index (κ3) is 10.6. The van der Waals surface area contributed by atoms with Gasteiger partial charge in [-0.1, -0.05) is 70.7 Å². The Morgan fingerprint density at radius 2 is 1.24 bits per heavy atom. The van der Waals surface area contributed by atoms with Crippen LogP contribution in [0.3, 0.4) is 0 Å². The van der Waals surface area contributed by atoms with E-state index in [1.807, 2.05) is 0 Å². The van der Waals surface area contributed by atoms with E-state index in [2.05, 4.69) is 32.2 Å². The van der Waals surface area contributed by atoms with Crippen LogP contribution in [-0.4, -0.2) is 30.3 Å². The summed E-state index contributed by atoms with van der Waals surface area (Å²) in [6.45, 7) is 13.5. The molecule has 0 saturated heterocycles. The zero-order chi connectivity index (χ0) is 30.5. The van der Waals surface area contributed by atoms with Crippen molar-refractivity contribution in [1.29, 1.82) is 0 Å². The Hall–Kier alpha value is -2.56. The van der Waals surface area contributed by atoms with Gasteiger partial charge in [-0.15, -0.1) is 0 Å². The minimum absolute atomic E-state index is 0.299. The van der Waals surface area contributed by atoms with Crippen molar-refractivity contribution in [3.8, 4) is 5.75 Å². The normalized spacial score (nSPS) is 22.4. The molecule has 0 aliphatic heterocycles. The van der Waals surface area contributed by atoms with Crippen LogP contribution in [0, 0.1) is 17.8 Å². The molecule has 0 aromatic heterocycles. The largest absolute Gasteiger partial charge is 0.507 e. The van der Waals surface area contributed by atoms with E-state index in [1.165, 1.54) is 82.6 Å². The lowest BCUT2D eigenvalue weighted by atomic mass is 9.67. The molecule has 2 saturated carbocycles. The summed E-state index contributed by atoms with van der Waals surface area (Å²) in [6, 6.07) is 4.38. The number of aryl methyl sites for hydroxylation is 2. The number of unbranched alkanes of at least 4 members (excludes halogenated alkanes) is 2. The van der Waals surface area contributed by atoms with Crippen molar-refractivity contribution in [3.63, 3.8) is 0 Å². The van der Waals surface area contributed by atoms with Crippen molar-refractivity contribution in [3.05, 3.63) is 53.1 Å². The highest BCUT2D eigenvalue weighted by Gasteiger charge is 2.31. The second-order valence-electron chi connectivity index (χ2n) is 13.1. The Bertz CT molecular complexity index is 985. The molecule has 0 heterocycles. The molecular formula is C37H56O5. The van der Waals surface area contributed by atoms with Crippen LogP contribution in [0.25, 0.3) is 0 Å². The number of phenolic OH excluding ortho intramolecular Hbond substituents is 1. The molecule has 0 spiro atoms. The van der Waals surface area contributed by atoms with Crippen molar-refractivity contribution in [2.24, 2.45) is 17.8 Å². The molecule has 3 rings (SSSR count). The lowest BCUT2D eigenvalue weighted by molar-refractivity contribution is -0.139. The van der Waals surface area contributed by atoms with Crippen molar-refractivity contribution in [1.82, 2.24) is 0 Å². The summed E-state index contributed by atoms with van der Waals surface area (Å²) in [5, 5.41) is 11.2. The SMILES string of the molecule is C=C(C)C(=O)OCCCc1cc(C2CCC(C3CCC(CCCCC)CC3)CC2)cc(CCCOC(=O)C(=C)C)c1O. The van der Waals surface area contributed by atoms with Gasteiger partial charge in [0.1, 0.15) is 5.75 Å². The standard InChI is InChI=1S/C37H56O5/c1-6-7-8-11-28-14-16-29(17-15-28)30-18-20-31(21-19-30)34-24-32(12-9-22-41-36(39)26(2)3)35(38)33(25-34)13-10-23-42-37(40)27(4)5/h24-25,28-31,38H,2,4,6-23H2,1,3,5H3. The minimum atomic E-state index is -0.375. The molecule has 1 aromatic carbocycles. The zero-order valence-corrected chi connectivity index (χ0v) is 26.7. The van der Waals surface area contributed by atoms with Gasteiger partial charge >= 0.3 is 11.9 Å². The summed E-state index contributed by atoms with van der Waals surface area (Å²) in [6.07, 6.45) is 18.8. The fourth-order valence-corrected chi connectivity index (χ4v) is 7.06. The number of hydrogen-bond donors (Lipinski definition) is 1. The Morgan fingerprint density at radius 1 is 0.762 bits per heavy atom. The first kappa shape index (κ1) is 33.9. The first-order chi connectivity index (χ1) is 20.2. The first-order valence-corrected chi connectivity index (χ1v) is 16.7. The second-order valence-corrected chi connectivity index (χ2v) is 13.1. The highest BCUT2D eigenvalue weighted by molar-refractivity contribution is 5.87. The third-order valence-electron chi connectivity index (χ3n) is 9.65.